The van der Waals surface area contributed by atoms with Gasteiger partial charge in [-0.3, -0.25) is 0 Å². The van der Waals surface area contributed by atoms with Crippen LogP contribution in [0.2, 0.25) is 0 Å². The van der Waals surface area contributed by atoms with Crippen LogP contribution in [0.5, 0.6) is 0 Å². The minimum atomic E-state index is 0.783. The normalized spacial score (nSPS) is 20.7. The van der Waals surface area contributed by atoms with Gasteiger partial charge in [0.25, 0.3) is 0 Å². The van der Waals surface area contributed by atoms with Gasteiger partial charge < -0.3 is 5.32 Å². The molecule has 2 heteroatoms. The Kier molecular flexibility index (Phi) is 4.55. The Labute approximate surface area is 96.7 Å². The first-order valence-electron chi connectivity index (χ1n) is 5.80. The molecule has 1 heterocycles. The molecule has 1 N–H and O–H groups in total. The van der Waals surface area contributed by atoms with Crippen LogP contribution in [-0.2, 0) is 6.42 Å². The Balaban J connectivity index is 1.59. The summed E-state index contributed by atoms with van der Waals surface area (Å²) in [6.45, 7) is 1.17. The van der Waals surface area contributed by atoms with Crippen LogP contribution in [0.3, 0.4) is 0 Å². The fourth-order valence-corrected chi connectivity index (χ4v) is 3.13. The zero-order valence-electron chi connectivity index (χ0n) is 9.11. The van der Waals surface area contributed by atoms with Crippen molar-refractivity contribution in [3.8, 4) is 0 Å². The lowest BCUT2D eigenvalue weighted by Gasteiger charge is -2.10. The Morgan fingerprint density at radius 1 is 1.27 bits per heavy atom. The number of nitrogens with one attached hydrogen (secondary N) is 1. The van der Waals surface area contributed by atoms with E-state index in [0.29, 0.717) is 0 Å². The van der Waals surface area contributed by atoms with Gasteiger partial charge in [-0.05, 0) is 37.1 Å². The lowest BCUT2D eigenvalue weighted by Crippen LogP contribution is -2.29. The molecule has 1 aromatic rings. The van der Waals surface area contributed by atoms with Crippen LogP contribution in [0, 0.1) is 0 Å². The van der Waals surface area contributed by atoms with E-state index in [1.54, 1.807) is 0 Å². The third kappa shape index (κ3) is 3.88. The van der Waals surface area contributed by atoms with Crippen molar-refractivity contribution in [3.05, 3.63) is 35.9 Å². The van der Waals surface area contributed by atoms with Crippen LogP contribution in [0.15, 0.2) is 30.3 Å². The molecule has 0 aliphatic carbocycles. The highest BCUT2D eigenvalue weighted by atomic mass is 32.2. The molecule has 0 saturated carbocycles. The molecule has 1 atom stereocenters. The van der Waals surface area contributed by atoms with E-state index in [9.17, 15) is 0 Å². The summed E-state index contributed by atoms with van der Waals surface area (Å²) in [7, 11) is 0. The number of hydrogen-bond acceptors (Lipinski definition) is 2. The van der Waals surface area contributed by atoms with Gasteiger partial charge in [0.2, 0.25) is 0 Å². The van der Waals surface area contributed by atoms with Crippen LogP contribution in [0.1, 0.15) is 18.4 Å². The molecule has 0 unspecified atom stereocenters. The van der Waals surface area contributed by atoms with Gasteiger partial charge in [-0.15, -0.1) is 0 Å². The third-order valence-corrected chi connectivity index (χ3v) is 4.01. The number of hydrogen-bond donors (Lipinski definition) is 1. The largest absolute Gasteiger partial charge is 0.313 e. The first-order chi connectivity index (χ1) is 7.45. The van der Waals surface area contributed by atoms with E-state index in [-0.39, 0.29) is 0 Å². The minimum Gasteiger partial charge on any atom is -0.313 e. The quantitative estimate of drug-likeness (QED) is 0.767. The molecule has 1 saturated heterocycles. The molecule has 82 valence electrons. The second-order valence-corrected chi connectivity index (χ2v) is 5.25. The van der Waals surface area contributed by atoms with Crippen LogP contribution in [0.25, 0.3) is 0 Å². The Morgan fingerprint density at radius 3 is 2.87 bits per heavy atom. The summed E-state index contributed by atoms with van der Waals surface area (Å²) in [5.74, 6) is 2.65. The number of benzene rings is 1. The monoisotopic (exact) mass is 221 g/mol. The van der Waals surface area contributed by atoms with Crippen molar-refractivity contribution in [2.75, 3.05) is 18.1 Å². The van der Waals surface area contributed by atoms with E-state index >= 15 is 0 Å². The van der Waals surface area contributed by atoms with E-state index in [4.69, 9.17) is 0 Å². The van der Waals surface area contributed by atoms with Crippen molar-refractivity contribution >= 4 is 11.8 Å². The van der Waals surface area contributed by atoms with Gasteiger partial charge in [-0.25, -0.2) is 0 Å². The molecule has 0 bridgehead atoms. The van der Waals surface area contributed by atoms with Crippen LogP contribution in [0.4, 0.5) is 0 Å². The van der Waals surface area contributed by atoms with E-state index in [1.807, 2.05) is 0 Å². The van der Waals surface area contributed by atoms with E-state index in [1.165, 1.54) is 42.9 Å². The molecule has 15 heavy (non-hydrogen) atoms. The molecule has 2 rings (SSSR count). The molecule has 1 nitrogen and oxygen atoms in total. The van der Waals surface area contributed by atoms with Crippen molar-refractivity contribution in [2.45, 2.75) is 25.3 Å². The molecule has 0 amide bonds. The summed E-state index contributed by atoms with van der Waals surface area (Å²) < 4.78 is 0. The highest BCUT2D eigenvalue weighted by molar-refractivity contribution is 7.99. The molecular formula is C13H19NS. The molecule has 1 aromatic carbocycles. The van der Waals surface area contributed by atoms with Crippen molar-refractivity contribution in [2.24, 2.45) is 0 Å². The van der Waals surface area contributed by atoms with E-state index < -0.39 is 0 Å². The van der Waals surface area contributed by atoms with Gasteiger partial charge in [-0.2, -0.15) is 11.8 Å². The number of rotatable bonds is 5. The van der Waals surface area contributed by atoms with Crippen molar-refractivity contribution in [1.82, 2.24) is 5.32 Å². The second kappa shape index (κ2) is 6.19. The molecule has 0 aromatic heterocycles. The molecular weight excluding hydrogens is 202 g/mol. The summed E-state index contributed by atoms with van der Waals surface area (Å²) in [5.41, 5.74) is 1.46. The average molecular weight is 221 g/mol. The summed E-state index contributed by atoms with van der Waals surface area (Å²) in [6, 6.07) is 11.5. The first kappa shape index (κ1) is 11.0. The lowest BCUT2D eigenvalue weighted by atomic mass is 10.1. The second-order valence-electron chi connectivity index (χ2n) is 4.10. The maximum atomic E-state index is 3.63. The molecule has 1 fully saturated rings. The molecule has 0 radical (unpaired) electrons. The van der Waals surface area contributed by atoms with Gasteiger partial charge in [-0.1, -0.05) is 30.3 Å². The zero-order chi connectivity index (χ0) is 10.3. The minimum absolute atomic E-state index is 0.783. The highest BCUT2D eigenvalue weighted by Gasteiger charge is 2.13. The Bertz CT molecular complexity index is 267. The summed E-state index contributed by atoms with van der Waals surface area (Å²) in [6.07, 6.45) is 3.81. The summed E-state index contributed by atoms with van der Waals surface area (Å²) in [5, 5.41) is 3.63. The summed E-state index contributed by atoms with van der Waals surface area (Å²) in [4.78, 5) is 0. The van der Waals surface area contributed by atoms with Gasteiger partial charge >= 0.3 is 0 Å². The predicted octanol–water partition coefficient (Wildman–Crippen LogP) is 2.71. The summed E-state index contributed by atoms with van der Waals surface area (Å²) >= 11 is 2.07. The molecule has 1 aliphatic heterocycles. The van der Waals surface area contributed by atoms with Gasteiger partial charge in [0.05, 0.1) is 0 Å². The van der Waals surface area contributed by atoms with Crippen LogP contribution in [-0.4, -0.2) is 24.1 Å². The average Bonchev–Trinajstić information content (AvgIpc) is 2.79. The lowest BCUT2D eigenvalue weighted by molar-refractivity contribution is 0.545. The zero-order valence-corrected chi connectivity index (χ0v) is 9.93. The Hall–Kier alpha value is -0.470. The van der Waals surface area contributed by atoms with Gasteiger partial charge in [0.1, 0.15) is 0 Å². The smallest absolute Gasteiger partial charge is 0.0166 e. The van der Waals surface area contributed by atoms with Gasteiger partial charge in [0.15, 0.2) is 0 Å². The van der Waals surface area contributed by atoms with E-state index in [0.717, 1.165) is 6.04 Å². The third-order valence-electron chi connectivity index (χ3n) is 2.85. The fourth-order valence-electron chi connectivity index (χ4n) is 1.94. The maximum Gasteiger partial charge on any atom is 0.0166 e. The highest BCUT2D eigenvalue weighted by Crippen LogP contribution is 2.16. The van der Waals surface area contributed by atoms with Crippen LogP contribution < -0.4 is 5.32 Å². The van der Waals surface area contributed by atoms with Gasteiger partial charge in [0, 0.05) is 11.8 Å². The van der Waals surface area contributed by atoms with E-state index in [2.05, 4.69) is 47.4 Å². The SMILES string of the molecule is c1ccc(CCCN[C@H]2CCSC2)cc1. The van der Waals surface area contributed by atoms with Crippen molar-refractivity contribution in [1.29, 1.82) is 0 Å². The Morgan fingerprint density at radius 2 is 2.13 bits per heavy atom. The number of thioether (sulfide) groups is 1. The predicted molar refractivity (Wildman–Crippen MR) is 68.5 cm³/mol. The maximum absolute atomic E-state index is 3.63. The fraction of sp³-hybridized carbons (Fsp3) is 0.538. The first-order valence-corrected chi connectivity index (χ1v) is 6.96. The topological polar surface area (TPSA) is 12.0 Å². The standard InChI is InChI=1S/C13H19NS/c1-2-5-12(6-3-1)7-4-9-14-13-8-10-15-11-13/h1-3,5-6,13-14H,4,7-11H2/t13-/m0/s1. The molecule has 1 aliphatic rings. The van der Waals surface area contributed by atoms with Crippen molar-refractivity contribution in [3.63, 3.8) is 0 Å². The van der Waals surface area contributed by atoms with Crippen molar-refractivity contribution < 1.29 is 0 Å². The number of aryl methyl sites for hydroxylation is 1. The van der Waals surface area contributed by atoms with Crippen LogP contribution >= 0.6 is 11.8 Å². The molecule has 0 spiro atoms.